The van der Waals surface area contributed by atoms with Crippen molar-refractivity contribution in [2.45, 2.75) is 59.4 Å². The molecule has 1 rings (SSSR count). The Kier molecular flexibility index (Phi) is 5.44. The van der Waals surface area contributed by atoms with Crippen molar-refractivity contribution < 1.29 is 4.79 Å². The first-order chi connectivity index (χ1) is 7.94. The molecule has 1 fully saturated rings. The predicted octanol–water partition coefficient (Wildman–Crippen LogP) is 2.41. The van der Waals surface area contributed by atoms with E-state index in [9.17, 15) is 4.79 Å². The molecular weight excluding hydrogens is 212 g/mol. The molecule has 0 aliphatic carbocycles. The minimum atomic E-state index is 0.267. The number of carbonyl (C=O) groups excluding carboxylic acids is 1. The number of nitrogens with one attached hydrogen (secondary N) is 1. The van der Waals surface area contributed by atoms with Gasteiger partial charge in [0.2, 0.25) is 5.91 Å². The third-order valence-electron chi connectivity index (χ3n) is 3.91. The Labute approximate surface area is 106 Å². The zero-order chi connectivity index (χ0) is 12.9. The van der Waals surface area contributed by atoms with Gasteiger partial charge in [-0.2, -0.15) is 0 Å². The van der Waals surface area contributed by atoms with Crippen LogP contribution in [0.25, 0.3) is 0 Å². The third-order valence-corrected chi connectivity index (χ3v) is 3.91. The summed E-state index contributed by atoms with van der Waals surface area (Å²) in [6.07, 6.45) is 4.57. The third kappa shape index (κ3) is 5.07. The van der Waals surface area contributed by atoms with Gasteiger partial charge in [-0.05, 0) is 38.0 Å². The molecule has 1 heterocycles. The number of hydrogen-bond donors (Lipinski definition) is 1. The molecule has 0 radical (unpaired) electrons. The van der Waals surface area contributed by atoms with Crippen molar-refractivity contribution in [2.24, 2.45) is 5.41 Å². The number of likely N-dealkylation sites (tertiary alicyclic amines) is 1. The smallest absolute Gasteiger partial charge is 0.236 e. The van der Waals surface area contributed by atoms with Crippen LogP contribution in [0.15, 0.2) is 0 Å². The van der Waals surface area contributed by atoms with Crippen LogP contribution in [0.1, 0.15) is 53.4 Å². The van der Waals surface area contributed by atoms with Crippen molar-refractivity contribution in [2.75, 3.05) is 19.6 Å². The molecule has 0 aromatic carbocycles. The summed E-state index contributed by atoms with van der Waals surface area (Å²) in [5.41, 5.74) is 0.402. The van der Waals surface area contributed by atoms with Crippen molar-refractivity contribution in [1.82, 2.24) is 10.2 Å². The molecule has 0 aromatic heterocycles. The average molecular weight is 240 g/mol. The highest BCUT2D eigenvalue weighted by atomic mass is 16.2. The van der Waals surface area contributed by atoms with E-state index in [0.717, 1.165) is 32.4 Å². The van der Waals surface area contributed by atoms with Crippen molar-refractivity contribution in [1.29, 1.82) is 0 Å². The lowest BCUT2D eigenvalue weighted by molar-refractivity contribution is -0.130. The van der Waals surface area contributed by atoms with Gasteiger partial charge in [0.05, 0.1) is 6.54 Å². The number of amides is 1. The normalized spacial score (nSPS) is 22.0. The van der Waals surface area contributed by atoms with Crippen LogP contribution < -0.4 is 5.32 Å². The maximum absolute atomic E-state index is 12.0. The Morgan fingerprint density at radius 3 is 2.71 bits per heavy atom. The van der Waals surface area contributed by atoms with Crippen LogP contribution in [-0.2, 0) is 4.79 Å². The Morgan fingerprint density at radius 2 is 2.06 bits per heavy atom. The zero-order valence-corrected chi connectivity index (χ0v) is 11.9. The van der Waals surface area contributed by atoms with Gasteiger partial charge >= 0.3 is 0 Å². The molecule has 100 valence electrons. The summed E-state index contributed by atoms with van der Waals surface area (Å²) in [5.74, 6) is 0.267. The van der Waals surface area contributed by atoms with Gasteiger partial charge in [0.15, 0.2) is 0 Å². The van der Waals surface area contributed by atoms with E-state index in [-0.39, 0.29) is 5.91 Å². The van der Waals surface area contributed by atoms with Crippen LogP contribution in [0.2, 0.25) is 0 Å². The first-order valence-electron chi connectivity index (χ1n) is 6.96. The molecule has 1 aliphatic heterocycles. The summed E-state index contributed by atoms with van der Waals surface area (Å²) >= 11 is 0. The van der Waals surface area contributed by atoms with Crippen LogP contribution in [0.4, 0.5) is 0 Å². The molecule has 0 aromatic rings. The molecule has 0 saturated carbocycles. The van der Waals surface area contributed by atoms with E-state index >= 15 is 0 Å². The molecule has 1 N–H and O–H groups in total. The second kappa shape index (κ2) is 6.39. The second-order valence-corrected chi connectivity index (χ2v) is 6.09. The van der Waals surface area contributed by atoms with Gasteiger partial charge in [0, 0.05) is 19.1 Å². The molecule has 1 saturated heterocycles. The molecule has 3 nitrogen and oxygen atoms in total. The SMILES string of the molecule is CCC(C)NCC(=O)N1CCCC(C)(C)CC1. The van der Waals surface area contributed by atoms with Gasteiger partial charge in [0.1, 0.15) is 0 Å². The molecule has 1 atom stereocenters. The van der Waals surface area contributed by atoms with E-state index in [2.05, 4.69) is 33.0 Å². The number of nitrogens with zero attached hydrogens (tertiary/aromatic N) is 1. The number of carbonyl (C=O) groups is 1. The maximum atomic E-state index is 12.0. The van der Waals surface area contributed by atoms with E-state index < -0.39 is 0 Å². The van der Waals surface area contributed by atoms with Gasteiger partial charge in [-0.3, -0.25) is 4.79 Å². The zero-order valence-electron chi connectivity index (χ0n) is 11.9. The van der Waals surface area contributed by atoms with Crippen molar-refractivity contribution >= 4 is 5.91 Å². The lowest BCUT2D eigenvalue weighted by Crippen LogP contribution is -2.41. The lowest BCUT2D eigenvalue weighted by Gasteiger charge is -2.24. The largest absolute Gasteiger partial charge is 0.342 e. The van der Waals surface area contributed by atoms with Crippen LogP contribution in [0.5, 0.6) is 0 Å². The molecule has 3 heteroatoms. The van der Waals surface area contributed by atoms with E-state index in [0.29, 0.717) is 18.0 Å². The van der Waals surface area contributed by atoms with Crippen molar-refractivity contribution in [3.63, 3.8) is 0 Å². The fourth-order valence-corrected chi connectivity index (χ4v) is 2.19. The summed E-state index contributed by atoms with van der Waals surface area (Å²) in [5, 5.41) is 3.28. The van der Waals surface area contributed by atoms with Gasteiger partial charge < -0.3 is 10.2 Å². The molecule has 1 amide bonds. The van der Waals surface area contributed by atoms with Crippen LogP contribution in [-0.4, -0.2) is 36.5 Å². The fourth-order valence-electron chi connectivity index (χ4n) is 2.19. The van der Waals surface area contributed by atoms with Crippen molar-refractivity contribution in [3.05, 3.63) is 0 Å². The molecule has 17 heavy (non-hydrogen) atoms. The van der Waals surface area contributed by atoms with Crippen molar-refractivity contribution in [3.8, 4) is 0 Å². The number of hydrogen-bond acceptors (Lipinski definition) is 2. The van der Waals surface area contributed by atoms with E-state index in [1.54, 1.807) is 0 Å². The van der Waals surface area contributed by atoms with Gasteiger partial charge in [-0.15, -0.1) is 0 Å². The summed E-state index contributed by atoms with van der Waals surface area (Å²) in [4.78, 5) is 14.1. The highest BCUT2D eigenvalue weighted by Crippen LogP contribution is 2.29. The van der Waals surface area contributed by atoms with Crippen LogP contribution in [0.3, 0.4) is 0 Å². The monoisotopic (exact) mass is 240 g/mol. The van der Waals surface area contributed by atoms with Crippen LogP contribution in [0, 0.1) is 5.41 Å². The van der Waals surface area contributed by atoms with Gasteiger partial charge in [0.25, 0.3) is 0 Å². The minimum Gasteiger partial charge on any atom is -0.342 e. The van der Waals surface area contributed by atoms with Crippen LogP contribution >= 0.6 is 0 Å². The number of rotatable bonds is 4. The summed E-state index contributed by atoms with van der Waals surface area (Å²) in [6.45, 7) is 11.2. The Hall–Kier alpha value is -0.570. The first-order valence-corrected chi connectivity index (χ1v) is 6.96. The summed E-state index contributed by atoms with van der Waals surface area (Å²) in [6, 6.07) is 0.433. The van der Waals surface area contributed by atoms with E-state index in [4.69, 9.17) is 0 Å². The fraction of sp³-hybridized carbons (Fsp3) is 0.929. The molecule has 0 spiro atoms. The van der Waals surface area contributed by atoms with E-state index in [1.165, 1.54) is 6.42 Å². The highest BCUT2D eigenvalue weighted by molar-refractivity contribution is 5.78. The predicted molar refractivity (Wildman–Crippen MR) is 72.0 cm³/mol. The van der Waals surface area contributed by atoms with Gasteiger partial charge in [-0.1, -0.05) is 20.8 Å². The van der Waals surface area contributed by atoms with Gasteiger partial charge in [-0.25, -0.2) is 0 Å². The lowest BCUT2D eigenvalue weighted by atomic mass is 9.85. The Balaban J connectivity index is 2.37. The maximum Gasteiger partial charge on any atom is 0.236 e. The molecule has 1 aliphatic rings. The standard InChI is InChI=1S/C14H28N2O/c1-5-12(2)15-11-13(17)16-9-6-7-14(3,4)8-10-16/h12,15H,5-11H2,1-4H3. The second-order valence-electron chi connectivity index (χ2n) is 6.09. The Bertz CT molecular complexity index is 251. The quantitative estimate of drug-likeness (QED) is 0.818. The highest BCUT2D eigenvalue weighted by Gasteiger charge is 2.25. The minimum absolute atomic E-state index is 0.267. The Morgan fingerprint density at radius 1 is 1.35 bits per heavy atom. The average Bonchev–Trinajstić information content (AvgIpc) is 2.46. The van der Waals surface area contributed by atoms with E-state index in [1.807, 2.05) is 4.90 Å². The topological polar surface area (TPSA) is 32.3 Å². The first kappa shape index (κ1) is 14.5. The molecule has 0 bridgehead atoms. The molecule has 1 unspecified atom stereocenters. The summed E-state index contributed by atoms with van der Waals surface area (Å²) < 4.78 is 0. The molecular formula is C14H28N2O. The summed E-state index contributed by atoms with van der Waals surface area (Å²) in [7, 11) is 0.